The van der Waals surface area contributed by atoms with Crippen LogP contribution in [0.2, 0.25) is 0 Å². The van der Waals surface area contributed by atoms with Gasteiger partial charge in [0.05, 0.1) is 0 Å². The highest BCUT2D eigenvalue weighted by molar-refractivity contribution is 4.76. The van der Waals surface area contributed by atoms with E-state index in [1.807, 2.05) is 13.8 Å². The highest BCUT2D eigenvalue weighted by Crippen LogP contribution is 2.32. The maximum atomic E-state index is 13.2. The van der Waals surface area contributed by atoms with E-state index in [2.05, 4.69) is 0 Å². The molecule has 1 fully saturated rings. The van der Waals surface area contributed by atoms with Crippen LogP contribution >= 0.6 is 0 Å². The van der Waals surface area contributed by atoms with Crippen molar-refractivity contribution < 1.29 is 4.39 Å². The van der Waals surface area contributed by atoms with Crippen LogP contribution in [-0.4, -0.2) is 6.17 Å². The SMILES string of the molecule is CC(C)C(F)C1CCCC1. The minimum absolute atomic E-state index is 0.225. The molecule has 1 heteroatoms. The van der Waals surface area contributed by atoms with Crippen LogP contribution in [0.5, 0.6) is 0 Å². The smallest absolute Gasteiger partial charge is 0.105 e. The molecule has 1 aliphatic rings. The minimum atomic E-state index is -0.539. The molecule has 60 valence electrons. The number of alkyl halides is 1. The Balaban J connectivity index is 2.32. The number of hydrogen-bond acceptors (Lipinski definition) is 0. The van der Waals surface area contributed by atoms with E-state index < -0.39 is 6.17 Å². The van der Waals surface area contributed by atoms with Crippen molar-refractivity contribution in [2.75, 3.05) is 0 Å². The number of hydrogen-bond donors (Lipinski definition) is 0. The van der Waals surface area contributed by atoms with Crippen molar-refractivity contribution in [3.63, 3.8) is 0 Å². The molecule has 1 atom stereocenters. The van der Waals surface area contributed by atoms with E-state index in [-0.39, 0.29) is 5.92 Å². The average molecular weight is 144 g/mol. The molecule has 0 aliphatic heterocycles. The van der Waals surface area contributed by atoms with Crippen LogP contribution in [0.15, 0.2) is 0 Å². The van der Waals surface area contributed by atoms with Gasteiger partial charge in [-0.05, 0) is 24.7 Å². The summed E-state index contributed by atoms with van der Waals surface area (Å²) in [5.74, 6) is 0.614. The molecule has 1 aliphatic carbocycles. The summed E-state index contributed by atoms with van der Waals surface area (Å²) in [5, 5.41) is 0. The number of rotatable bonds is 2. The van der Waals surface area contributed by atoms with Gasteiger partial charge in [-0.3, -0.25) is 0 Å². The zero-order valence-corrected chi connectivity index (χ0v) is 6.94. The lowest BCUT2D eigenvalue weighted by Gasteiger charge is -2.18. The van der Waals surface area contributed by atoms with Crippen molar-refractivity contribution in [2.45, 2.75) is 45.7 Å². The van der Waals surface area contributed by atoms with Gasteiger partial charge in [0, 0.05) is 0 Å². The van der Waals surface area contributed by atoms with Gasteiger partial charge in [0.1, 0.15) is 6.17 Å². The quantitative estimate of drug-likeness (QED) is 0.558. The first kappa shape index (κ1) is 8.03. The molecular weight excluding hydrogens is 127 g/mol. The fourth-order valence-corrected chi connectivity index (χ4v) is 1.82. The highest BCUT2D eigenvalue weighted by Gasteiger charge is 2.26. The van der Waals surface area contributed by atoms with Crippen LogP contribution in [0, 0.1) is 11.8 Å². The lowest BCUT2D eigenvalue weighted by molar-refractivity contribution is 0.171. The van der Waals surface area contributed by atoms with E-state index in [9.17, 15) is 4.39 Å². The second kappa shape index (κ2) is 3.36. The van der Waals surface area contributed by atoms with Gasteiger partial charge in [0.15, 0.2) is 0 Å². The second-order valence-corrected chi connectivity index (χ2v) is 3.73. The topological polar surface area (TPSA) is 0 Å². The Morgan fingerprint density at radius 3 is 2.10 bits per heavy atom. The zero-order chi connectivity index (χ0) is 7.56. The monoisotopic (exact) mass is 144 g/mol. The second-order valence-electron chi connectivity index (χ2n) is 3.73. The molecule has 0 radical (unpaired) electrons. The summed E-state index contributed by atoms with van der Waals surface area (Å²) in [6, 6.07) is 0. The van der Waals surface area contributed by atoms with E-state index >= 15 is 0 Å². The summed E-state index contributed by atoms with van der Waals surface area (Å²) in [5.41, 5.74) is 0. The summed E-state index contributed by atoms with van der Waals surface area (Å²) in [6.45, 7) is 3.95. The Morgan fingerprint density at radius 1 is 1.20 bits per heavy atom. The summed E-state index contributed by atoms with van der Waals surface area (Å²) in [4.78, 5) is 0. The Bertz CT molecular complexity index is 92.9. The van der Waals surface area contributed by atoms with Crippen molar-refractivity contribution in [3.05, 3.63) is 0 Å². The standard InChI is InChI=1S/C9H17F/c1-7(2)9(10)8-5-3-4-6-8/h7-9H,3-6H2,1-2H3. The highest BCUT2D eigenvalue weighted by atomic mass is 19.1. The minimum Gasteiger partial charge on any atom is -0.247 e. The lowest BCUT2D eigenvalue weighted by atomic mass is 9.94. The van der Waals surface area contributed by atoms with Gasteiger partial charge in [-0.1, -0.05) is 26.7 Å². The van der Waals surface area contributed by atoms with E-state index in [0.717, 1.165) is 12.8 Å². The van der Waals surface area contributed by atoms with Crippen molar-refractivity contribution in [1.82, 2.24) is 0 Å². The van der Waals surface area contributed by atoms with Gasteiger partial charge >= 0.3 is 0 Å². The summed E-state index contributed by atoms with van der Waals surface area (Å²) >= 11 is 0. The third-order valence-corrected chi connectivity index (χ3v) is 2.49. The first-order valence-electron chi connectivity index (χ1n) is 4.36. The van der Waals surface area contributed by atoms with Crippen LogP contribution < -0.4 is 0 Å². The third-order valence-electron chi connectivity index (χ3n) is 2.49. The average Bonchev–Trinajstić information content (AvgIpc) is 2.36. The Hall–Kier alpha value is -0.0700. The van der Waals surface area contributed by atoms with Crippen molar-refractivity contribution in [3.8, 4) is 0 Å². The van der Waals surface area contributed by atoms with Crippen LogP contribution in [0.4, 0.5) is 4.39 Å². The first-order valence-corrected chi connectivity index (χ1v) is 4.36. The first-order chi connectivity index (χ1) is 4.72. The van der Waals surface area contributed by atoms with Crippen molar-refractivity contribution in [2.24, 2.45) is 11.8 Å². The van der Waals surface area contributed by atoms with Gasteiger partial charge in [0.2, 0.25) is 0 Å². The summed E-state index contributed by atoms with van der Waals surface area (Å²) in [7, 11) is 0. The molecule has 10 heavy (non-hydrogen) atoms. The molecule has 1 saturated carbocycles. The lowest BCUT2D eigenvalue weighted by Crippen LogP contribution is -2.18. The normalized spacial score (nSPS) is 24.0. The Labute approximate surface area is 62.8 Å². The molecular formula is C9H17F. The maximum absolute atomic E-state index is 13.2. The van der Waals surface area contributed by atoms with E-state index in [0.29, 0.717) is 5.92 Å². The predicted octanol–water partition coefficient (Wildman–Crippen LogP) is 3.17. The molecule has 0 amide bonds. The van der Waals surface area contributed by atoms with Gasteiger partial charge < -0.3 is 0 Å². The molecule has 0 aromatic heterocycles. The van der Waals surface area contributed by atoms with Crippen LogP contribution in [0.3, 0.4) is 0 Å². The van der Waals surface area contributed by atoms with Gasteiger partial charge in [-0.2, -0.15) is 0 Å². The van der Waals surface area contributed by atoms with Gasteiger partial charge in [-0.15, -0.1) is 0 Å². The van der Waals surface area contributed by atoms with Gasteiger partial charge in [0.25, 0.3) is 0 Å². The largest absolute Gasteiger partial charge is 0.247 e. The predicted molar refractivity (Wildman–Crippen MR) is 41.7 cm³/mol. The molecule has 0 nitrogen and oxygen atoms in total. The molecule has 0 heterocycles. The van der Waals surface area contributed by atoms with E-state index in [4.69, 9.17) is 0 Å². The molecule has 0 aromatic carbocycles. The van der Waals surface area contributed by atoms with E-state index in [1.165, 1.54) is 12.8 Å². The third kappa shape index (κ3) is 1.71. The van der Waals surface area contributed by atoms with Gasteiger partial charge in [-0.25, -0.2) is 4.39 Å². The fourth-order valence-electron chi connectivity index (χ4n) is 1.82. The molecule has 0 N–H and O–H groups in total. The Kier molecular flexibility index (Phi) is 2.70. The Morgan fingerprint density at radius 2 is 1.70 bits per heavy atom. The van der Waals surface area contributed by atoms with Crippen molar-refractivity contribution in [1.29, 1.82) is 0 Å². The molecule has 1 rings (SSSR count). The zero-order valence-electron chi connectivity index (χ0n) is 6.94. The molecule has 0 saturated heterocycles. The molecule has 0 bridgehead atoms. The molecule has 0 aromatic rings. The van der Waals surface area contributed by atoms with Crippen molar-refractivity contribution >= 4 is 0 Å². The fraction of sp³-hybridized carbons (Fsp3) is 1.00. The number of halogens is 1. The van der Waals surface area contributed by atoms with Crippen LogP contribution in [-0.2, 0) is 0 Å². The molecule has 0 spiro atoms. The van der Waals surface area contributed by atoms with E-state index in [1.54, 1.807) is 0 Å². The maximum Gasteiger partial charge on any atom is 0.105 e. The van der Waals surface area contributed by atoms with Crippen LogP contribution in [0.1, 0.15) is 39.5 Å². The molecule has 1 unspecified atom stereocenters. The summed E-state index contributed by atoms with van der Waals surface area (Å²) < 4.78 is 13.2. The van der Waals surface area contributed by atoms with Crippen LogP contribution in [0.25, 0.3) is 0 Å². The summed E-state index contributed by atoms with van der Waals surface area (Å²) in [6.07, 6.45) is 4.20.